The number of amides is 3. The SMILES string of the molecule is CCC(C)CC(=O)N1CCCC1c1cnc(-c2ccc3c(c2)Oc2ccc(-c4ncc(C5CCCN5C(=O)C(NC(=O)OC)C(C)CC)[nH]4)cc2C32CC2)[nH]1. The molecule has 4 aromatic rings. The minimum Gasteiger partial charge on any atom is -0.457 e. The number of nitrogens with one attached hydrogen (secondary N) is 3. The van der Waals surface area contributed by atoms with Crippen LogP contribution in [0.3, 0.4) is 0 Å². The Labute approximate surface area is 322 Å². The van der Waals surface area contributed by atoms with Crippen molar-refractivity contribution in [1.82, 2.24) is 35.1 Å². The average Bonchev–Trinajstić information content (AvgIpc) is 3.77. The monoisotopic (exact) mass is 747 g/mol. The normalized spacial score (nSPS) is 21.0. The van der Waals surface area contributed by atoms with Crippen LogP contribution in [0.2, 0.25) is 0 Å². The van der Waals surface area contributed by atoms with Crippen LogP contribution in [-0.4, -0.2) is 73.9 Å². The zero-order valence-corrected chi connectivity index (χ0v) is 32.6. The van der Waals surface area contributed by atoms with E-state index in [-0.39, 0.29) is 35.2 Å². The molecule has 3 fully saturated rings. The van der Waals surface area contributed by atoms with Gasteiger partial charge in [-0.05, 0) is 74.6 Å². The van der Waals surface area contributed by atoms with Crippen LogP contribution in [0, 0.1) is 11.8 Å². The topological polar surface area (TPSA) is 146 Å². The Morgan fingerprint density at radius 2 is 1.51 bits per heavy atom. The van der Waals surface area contributed by atoms with Gasteiger partial charge in [0, 0.05) is 47.2 Å². The van der Waals surface area contributed by atoms with Gasteiger partial charge in [0.2, 0.25) is 11.8 Å². The van der Waals surface area contributed by atoms with Crippen molar-refractivity contribution in [2.45, 2.75) is 109 Å². The summed E-state index contributed by atoms with van der Waals surface area (Å²) in [6.45, 7) is 9.67. The summed E-state index contributed by atoms with van der Waals surface area (Å²) in [5, 5.41) is 2.77. The summed E-state index contributed by atoms with van der Waals surface area (Å²) < 4.78 is 11.4. The maximum Gasteiger partial charge on any atom is 0.407 e. The van der Waals surface area contributed by atoms with Crippen molar-refractivity contribution in [3.05, 3.63) is 71.3 Å². The molecule has 2 saturated heterocycles. The van der Waals surface area contributed by atoms with Crippen LogP contribution < -0.4 is 10.1 Å². The number of hydrogen-bond acceptors (Lipinski definition) is 7. The van der Waals surface area contributed by atoms with Crippen LogP contribution in [0.1, 0.15) is 120 Å². The molecule has 2 aromatic carbocycles. The van der Waals surface area contributed by atoms with E-state index in [1.165, 1.54) is 12.7 Å². The standard InChI is InChI=1S/C43H53N7O5/c1-6-25(3)20-37(51)49-18-8-10-33(49)31-23-45-40(46-31)28-12-14-29-36(22-28)55-35-15-13-27(21-30(35)43(29)16-17-43)39-44-24-32(47-39)34-11-9-19-50(34)41(52)38(26(4)7-2)48-42(53)54-5/h12-15,21-26,33-34,38H,6-11,16-20H2,1-5H3,(H,44,47)(H,45,46)(H,48,53). The molecule has 3 N–H and O–H groups in total. The zero-order chi connectivity index (χ0) is 38.4. The molecule has 12 heteroatoms. The van der Waals surface area contributed by atoms with E-state index in [4.69, 9.17) is 19.4 Å². The van der Waals surface area contributed by atoms with Gasteiger partial charge < -0.3 is 34.6 Å². The number of carbonyl (C=O) groups excluding carboxylic acids is 3. The van der Waals surface area contributed by atoms with Crippen LogP contribution in [-0.2, 0) is 19.7 Å². The first-order valence-electron chi connectivity index (χ1n) is 20.2. The van der Waals surface area contributed by atoms with Gasteiger partial charge in [0.05, 0.1) is 43.0 Å². The van der Waals surface area contributed by atoms with Crippen molar-refractivity contribution in [1.29, 1.82) is 0 Å². The summed E-state index contributed by atoms with van der Waals surface area (Å²) in [6.07, 6.45) is 11.2. The number of aromatic nitrogens is 4. The average molecular weight is 748 g/mol. The molecule has 5 unspecified atom stereocenters. The van der Waals surface area contributed by atoms with E-state index in [9.17, 15) is 14.4 Å². The number of ether oxygens (including phenoxy) is 2. The highest BCUT2D eigenvalue weighted by Gasteiger charge is 2.52. The highest BCUT2D eigenvalue weighted by Crippen LogP contribution is 2.62. The number of carbonyl (C=O) groups is 3. The molecule has 1 spiro atoms. The highest BCUT2D eigenvalue weighted by atomic mass is 16.5. The van der Waals surface area contributed by atoms with Gasteiger partial charge in [-0.15, -0.1) is 0 Å². The summed E-state index contributed by atoms with van der Waals surface area (Å²) in [4.78, 5) is 59.6. The zero-order valence-electron chi connectivity index (χ0n) is 32.6. The molecular weight excluding hydrogens is 695 g/mol. The molecule has 0 radical (unpaired) electrons. The molecule has 2 aromatic heterocycles. The lowest BCUT2D eigenvalue weighted by Crippen LogP contribution is -2.51. The fourth-order valence-corrected chi connectivity index (χ4v) is 8.87. The van der Waals surface area contributed by atoms with E-state index in [1.807, 2.05) is 48.2 Å². The third-order valence-electron chi connectivity index (χ3n) is 12.7. The fourth-order valence-electron chi connectivity index (χ4n) is 8.87. The van der Waals surface area contributed by atoms with Crippen LogP contribution in [0.5, 0.6) is 11.5 Å². The first-order chi connectivity index (χ1) is 26.6. The Bertz CT molecular complexity index is 2080. The maximum atomic E-state index is 13.8. The number of alkyl carbamates (subject to hydrolysis) is 1. The number of likely N-dealkylation sites (tertiary alicyclic amines) is 2. The lowest BCUT2D eigenvalue weighted by molar-refractivity contribution is -0.135. The summed E-state index contributed by atoms with van der Waals surface area (Å²) in [5.74, 6) is 3.69. The summed E-state index contributed by atoms with van der Waals surface area (Å²) in [7, 11) is 1.31. The molecule has 290 valence electrons. The van der Waals surface area contributed by atoms with Crippen LogP contribution in [0.4, 0.5) is 4.79 Å². The number of rotatable bonds is 11. The number of fused-ring (bicyclic) bond motifs is 4. The third kappa shape index (κ3) is 6.78. The predicted molar refractivity (Wildman–Crippen MR) is 208 cm³/mol. The van der Waals surface area contributed by atoms with E-state index >= 15 is 0 Å². The second-order valence-corrected chi connectivity index (χ2v) is 16.1. The Kier molecular flexibility index (Phi) is 9.94. The molecule has 5 heterocycles. The Morgan fingerprint density at radius 3 is 2.15 bits per heavy atom. The Hall–Kier alpha value is -5.13. The predicted octanol–water partition coefficient (Wildman–Crippen LogP) is 8.19. The molecule has 4 aliphatic rings. The van der Waals surface area contributed by atoms with Gasteiger partial charge >= 0.3 is 6.09 Å². The summed E-state index contributed by atoms with van der Waals surface area (Å²) in [5.41, 5.74) is 6.02. The second kappa shape index (κ2) is 14.8. The maximum absolute atomic E-state index is 13.8. The minimum atomic E-state index is -0.662. The largest absolute Gasteiger partial charge is 0.457 e. The number of methoxy groups -OCH3 is 1. The molecule has 3 aliphatic heterocycles. The van der Waals surface area contributed by atoms with E-state index in [0.717, 1.165) is 109 Å². The third-order valence-corrected chi connectivity index (χ3v) is 12.7. The molecular formula is C43H53N7O5. The highest BCUT2D eigenvalue weighted by molar-refractivity contribution is 5.86. The molecule has 3 amide bonds. The Morgan fingerprint density at radius 1 is 0.873 bits per heavy atom. The molecule has 5 atom stereocenters. The number of aromatic amines is 2. The molecule has 1 aliphatic carbocycles. The van der Waals surface area contributed by atoms with Gasteiger partial charge in [0.25, 0.3) is 0 Å². The van der Waals surface area contributed by atoms with Crippen molar-refractivity contribution in [2.75, 3.05) is 20.2 Å². The molecule has 8 rings (SSSR count). The Balaban J connectivity index is 0.997. The van der Waals surface area contributed by atoms with Crippen molar-refractivity contribution in [3.63, 3.8) is 0 Å². The van der Waals surface area contributed by atoms with Gasteiger partial charge in [-0.25, -0.2) is 14.8 Å². The van der Waals surface area contributed by atoms with Crippen molar-refractivity contribution in [2.24, 2.45) is 11.8 Å². The lowest BCUT2D eigenvalue weighted by Gasteiger charge is -2.31. The van der Waals surface area contributed by atoms with Gasteiger partial charge in [-0.1, -0.05) is 52.7 Å². The van der Waals surface area contributed by atoms with Gasteiger partial charge in [0.15, 0.2) is 0 Å². The smallest absolute Gasteiger partial charge is 0.407 e. The summed E-state index contributed by atoms with van der Waals surface area (Å²) in [6, 6.07) is 11.9. The quantitative estimate of drug-likeness (QED) is 0.140. The second-order valence-electron chi connectivity index (χ2n) is 16.1. The van der Waals surface area contributed by atoms with Crippen LogP contribution in [0.25, 0.3) is 22.8 Å². The fraction of sp³-hybridized carbons (Fsp3) is 0.512. The first kappa shape index (κ1) is 36.8. The molecule has 12 nitrogen and oxygen atoms in total. The van der Waals surface area contributed by atoms with Crippen molar-refractivity contribution in [3.8, 4) is 34.3 Å². The number of H-pyrrole nitrogens is 2. The van der Waals surface area contributed by atoms with E-state index in [0.29, 0.717) is 18.9 Å². The lowest BCUT2D eigenvalue weighted by atomic mass is 9.83. The van der Waals surface area contributed by atoms with E-state index < -0.39 is 12.1 Å². The van der Waals surface area contributed by atoms with E-state index in [2.05, 4.69) is 53.4 Å². The first-order valence-corrected chi connectivity index (χ1v) is 20.2. The van der Waals surface area contributed by atoms with Crippen molar-refractivity contribution >= 4 is 17.9 Å². The van der Waals surface area contributed by atoms with E-state index in [1.54, 1.807) is 0 Å². The molecule has 1 saturated carbocycles. The molecule has 55 heavy (non-hydrogen) atoms. The van der Waals surface area contributed by atoms with Gasteiger partial charge in [0.1, 0.15) is 29.2 Å². The molecule has 0 bridgehead atoms. The number of imidazole rings is 2. The number of benzene rings is 2. The summed E-state index contributed by atoms with van der Waals surface area (Å²) >= 11 is 0. The number of hydrogen-bond donors (Lipinski definition) is 3. The van der Waals surface area contributed by atoms with Crippen LogP contribution in [0.15, 0.2) is 48.8 Å². The van der Waals surface area contributed by atoms with Gasteiger partial charge in [-0.2, -0.15) is 0 Å². The van der Waals surface area contributed by atoms with Crippen molar-refractivity contribution < 1.29 is 23.9 Å². The number of nitrogens with zero attached hydrogens (tertiary/aromatic N) is 4. The van der Waals surface area contributed by atoms with Gasteiger partial charge in [-0.3, -0.25) is 9.59 Å². The minimum absolute atomic E-state index is 0.0321. The van der Waals surface area contributed by atoms with Crippen LogP contribution >= 0.6 is 0 Å².